The van der Waals surface area contributed by atoms with Crippen LogP contribution >= 0.6 is 0 Å². The van der Waals surface area contributed by atoms with Crippen molar-refractivity contribution in [3.63, 3.8) is 0 Å². The SMILES string of the molecule is CC1CCCC(NCc2ccc(CO)cc2)CC1. The Morgan fingerprint density at radius 2 is 1.78 bits per heavy atom. The highest BCUT2D eigenvalue weighted by atomic mass is 16.3. The lowest BCUT2D eigenvalue weighted by atomic mass is 10.0. The van der Waals surface area contributed by atoms with E-state index >= 15 is 0 Å². The van der Waals surface area contributed by atoms with Crippen LogP contribution in [0.3, 0.4) is 0 Å². The van der Waals surface area contributed by atoms with Crippen molar-refractivity contribution in [3.8, 4) is 0 Å². The molecule has 2 heteroatoms. The van der Waals surface area contributed by atoms with Crippen LogP contribution in [-0.2, 0) is 13.2 Å². The first-order valence-corrected chi connectivity index (χ1v) is 7.20. The third-order valence-corrected chi connectivity index (χ3v) is 4.06. The molecule has 0 amide bonds. The Morgan fingerprint density at radius 1 is 1.06 bits per heavy atom. The highest BCUT2D eigenvalue weighted by molar-refractivity contribution is 5.21. The summed E-state index contributed by atoms with van der Waals surface area (Å²) in [7, 11) is 0. The Kier molecular flexibility index (Phi) is 5.21. The maximum Gasteiger partial charge on any atom is 0.0681 e. The molecule has 0 bridgehead atoms. The highest BCUT2D eigenvalue weighted by Crippen LogP contribution is 2.22. The Hall–Kier alpha value is -0.860. The fraction of sp³-hybridized carbons (Fsp3) is 0.625. The van der Waals surface area contributed by atoms with E-state index in [2.05, 4.69) is 24.4 Å². The fourth-order valence-electron chi connectivity index (χ4n) is 2.72. The van der Waals surface area contributed by atoms with E-state index in [0.29, 0.717) is 6.04 Å². The molecule has 100 valence electrons. The first kappa shape index (κ1) is 13.6. The summed E-state index contributed by atoms with van der Waals surface area (Å²) in [6, 6.07) is 8.92. The highest BCUT2D eigenvalue weighted by Gasteiger charge is 2.15. The summed E-state index contributed by atoms with van der Waals surface area (Å²) in [4.78, 5) is 0. The third kappa shape index (κ3) is 4.11. The summed E-state index contributed by atoms with van der Waals surface area (Å²) in [5.74, 6) is 0.903. The molecule has 0 radical (unpaired) electrons. The standard InChI is InChI=1S/C16H25NO/c1-13-3-2-4-16(10-5-13)17-11-14-6-8-15(12-18)9-7-14/h6-9,13,16-18H,2-5,10-12H2,1H3. The number of aliphatic hydroxyl groups excluding tert-OH is 1. The molecule has 2 N–H and O–H groups in total. The molecule has 1 aromatic rings. The molecule has 1 saturated carbocycles. The summed E-state index contributed by atoms with van der Waals surface area (Å²) >= 11 is 0. The number of nitrogens with one attached hydrogen (secondary N) is 1. The molecule has 2 rings (SSSR count). The van der Waals surface area contributed by atoms with Crippen LogP contribution in [0.25, 0.3) is 0 Å². The van der Waals surface area contributed by atoms with Gasteiger partial charge in [-0.15, -0.1) is 0 Å². The second-order valence-corrected chi connectivity index (χ2v) is 5.67. The number of rotatable bonds is 4. The van der Waals surface area contributed by atoms with E-state index in [-0.39, 0.29) is 6.61 Å². The molecular weight excluding hydrogens is 222 g/mol. The molecule has 0 aliphatic heterocycles. The number of hydrogen-bond acceptors (Lipinski definition) is 2. The van der Waals surface area contributed by atoms with Crippen molar-refractivity contribution in [1.29, 1.82) is 0 Å². The molecular formula is C16H25NO. The maximum absolute atomic E-state index is 9.00. The first-order chi connectivity index (χ1) is 8.78. The van der Waals surface area contributed by atoms with Gasteiger partial charge in [-0.25, -0.2) is 0 Å². The van der Waals surface area contributed by atoms with E-state index < -0.39 is 0 Å². The molecule has 18 heavy (non-hydrogen) atoms. The van der Waals surface area contributed by atoms with Gasteiger partial charge in [-0.3, -0.25) is 0 Å². The maximum atomic E-state index is 9.00. The van der Waals surface area contributed by atoms with Gasteiger partial charge < -0.3 is 10.4 Å². The molecule has 0 heterocycles. The summed E-state index contributed by atoms with van der Waals surface area (Å²) in [5, 5.41) is 12.7. The van der Waals surface area contributed by atoms with Gasteiger partial charge >= 0.3 is 0 Å². The molecule has 0 aromatic heterocycles. The van der Waals surface area contributed by atoms with Gasteiger partial charge in [-0.05, 0) is 36.3 Å². The van der Waals surface area contributed by atoms with E-state index in [4.69, 9.17) is 5.11 Å². The van der Waals surface area contributed by atoms with Gasteiger partial charge in [0.05, 0.1) is 6.61 Å². The van der Waals surface area contributed by atoms with Crippen molar-refractivity contribution >= 4 is 0 Å². The van der Waals surface area contributed by atoms with E-state index in [1.54, 1.807) is 0 Å². The topological polar surface area (TPSA) is 32.3 Å². The minimum absolute atomic E-state index is 0.133. The van der Waals surface area contributed by atoms with Crippen LogP contribution < -0.4 is 5.32 Å². The monoisotopic (exact) mass is 247 g/mol. The van der Waals surface area contributed by atoms with Crippen molar-refractivity contribution in [2.45, 2.75) is 58.2 Å². The Bertz CT molecular complexity index is 347. The first-order valence-electron chi connectivity index (χ1n) is 7.20. The van der Waals surface area contributed by atoms with Gasteiger partial charge in [0.1, 0.15) is 0 Å². The van der Waals surface area contributed by atoms with Crippen molar-refractivity contribution < 1.29 is 5.11 Å². The van der Waals surface area contributed by atoms with Gasteiger partial charge in [0.25, 0.3) is 0 Å². The lowest BCUT2D eigenvalue weighted by Gasteiger charge is -2.16. The van der Waals surface area contributed by atoms with Gasteiger partial charge in [0.15, 0.2) is 0 Å². The molecule has 0 spiro atoms. The second-order valence-electron chi connectivity index (χ2n) is 5.67. The van der Waals surface area contributed by atoms with Crippen LogP contribution in [0.2, 0.25) is 0 Å². The zero-order chi connectivity index (χ0) is 12.8. The molecule has 1 aromatic carbocycles. The molecule has 0 saturated heterocycles. The van der Waals surface area contributed by atoms with Crippen LogP contribution in [0.1, 0.15) is 50.2 Å². The van der Waals surface area contributed by atoms with E-state index in [1.165, 1.54) is 37.7 Å². The number of aliphatic hydroxyl groups is 1. The van der Waals surface area contributed by atoms with E-state index in [1.807, 2.05) is 12.1 Å². The zero-order valence-corrected chi connectivity index (χ0v) is 11.4. The van der Waals surface area contributed by atoms with Crippen molar-refractivity contribution in [1.82, 2.24) is 5.32 Å². The van der Waals surface area contributed by atoms with Crippen LogP contribution in [0, 0.1) is 5.92 Å². The smallest absolute Gasteiger partial charge is 0.0681 e. The quantitative estimate of drug-likeness (QED) is 0.801. The molecule has 2 atom stereocenters. The summed E-state index contributed by atoms with van der Waals surface area (Å²) in [6.07, 6.45) is 6.75. The van der Waals surface area contributed by atoms with Crippen molar-refractivity contribution in [3.05, 3.63) is 35.4 Å². The van der Waals surface area contributed by atoms with Crippen LogP contribution in [0.15, 0.2) is 24.3 Å². The zero-order valence-electron chi connectivity index (χ0n) is 11.4. The Morgan fingerprint density at radius 3 is 2.50 bits per heavy atom. The molecule has 2 nitrogen and oxygen atoms in total. The average molecular weight is 247 g/mol. The second kappa shape index (κ2) is 6.91. The normalized spacial score (nSPS) is 24.8. The van der Waals surface area contributed by atoms with Crippen molar-refractivity contribution in [2.24, 2.45) is 5.92 Å². The number of benzene rings is 1. The van der Waals surface area contributed by atoms with Gasteiger partial charge in [-0.1, -0.05) is 44.0 Å². The van der Waals surface area contributed by atoms with Gasteiger partial charge in [0.2, 0.25) is 0 Å². The van der Waals surface area contributed by atoms with Crippen LogP contribution in [-0.4, -0.2) is 11.1 Å². The average Bonchev–Trinajstić information content (AvgIpc) is 2.62. The fourth-order valence-corrected chi connectivity index (χ4v) is 2.72. The molecule has 2 unspecified atom stereocenters. The lowest BCUT2D eigenvalue weighted by molar-refractivity contribution is 0.282. The van der Waals surface area contributed by atoms with Crippen LogP contribution in [0.4, 0.5) is 0 Å². The minimum atomic E-state index is 0.133. The predicted octanol–water partition coefficient (Wildman–Crippen LogP) is 3.24. The Balaban J connectivity index is 1.79. The summed E-state index contributed by atoms with van der Waals surface area (Å²) in [5.41, 5.74) is 2.30. The molecule has 1 aliphatic carbocycles. The van der Waals surface area contributed by atoms with Gasteiger partial charge in [0, 0.05) is 12.6 Å². The lowest BCUT2D eigenvalue weighted by Crippen LogP contribution is -2.27. The number of hydrogen-bond donors (Lipinski definition) is 2. The summed E-state index contributed by atoms with van der Waals surface area (Å²) < 4.78 is 0. The molecule has 1 fully saturated rings. The largest absolute Gasteiger partial charge is 0.392 e. The summed E-state index contributed by atoms with van der Waals surface area (Å²) in [6.45, 7) is 3.45. The predicted molar refractivity (Wildman–Crippen MR) is 75.2 cm³/mol. The van der Waals surface area contributed by atoms with Crippen LogP contribution in [0.5, 0.6) is 0 Å². The Labute approximate surface area is 110 Å². The minimum Gasteiger partial charge on any atom is -0.392 e. The van der Waals surface area contributed by atoms with Crippen molar-refractivity contribution in [2.75, 3.05) is 0 Å². The third-order valence-electron chi connectivity index (χ3n) is 4.06. The van der Waals surface area contributed by atoms with E-state index in [0.717, 1.165) is 18.0 Å². The van der Waals surface area contributed by atoms with E-state index in [9.17, 15) is 0 Å². The molecule has 1 aliphatic rings. The van der Waals surface area contributed by atoms with Gasteiger partial charge in [-0.2, -0.15) is 0 Å².